The van der Waals surface area contributed by atoms with E-state index in [0.717, 1.165) is 7.11 Å². The van der Waals surface area contributed by atoms with Gasteiger partial charge in [-0.1, -0.05) is 0 Å². The van der Waals surface area contributed by atoms with Crippen LogP contribution in [0.1, 0.15) is 6.92 Å². The average Bonchev–Trinajstić information content (AvgIpc) is 2.36. The number of amides is 1. The van der Waals surface area contributed by atoms with Crippen LogP contribution in [-0.4, -0.2) is 77.2 Å². The Morgan fingerprint density at radius 3 is 2.26 bits per heavy atom. The first-order valence-electron chi connectivity index (χ1n) is 5.46. The SMILES string of the molecule is COC(OC(CNC(C)=O)C(O)C(O)CO)C(=O)O. The van der Waals surface area contributed by atoms with E-state index in [1.165, 1.54) is 6.92 Å². The highest BCUT2D eigenvalue weighted by molar-refractivity contribution is 5.72. The van der Waals surface area contributed by atoms with Gasteiger partial charge in [-0.3, -0.25) is 4.79 Å². The Morgan fingerprint density at radius 1 is 1.32 bits per heavy atom. The normalized spacial score (nSPS) is 17.3. The van der Waals surface area contributed by atoms with E-state index in [4.69, 9.17) is 14.9 Å². The Bertz CT molecular complexity index is 297. The van der Waals surface area contributed by atoms with Gasteiger partial charge in [0, 0.05) is 20.6 Å². The Kier molecular flexibility index (Phi) is 8.19. The molecule has 4 unspecified atom stereocenters. The van der Waals surface area contributed by atoms with Crippen molar-refractivity contribution < 1.29 is 39.5 Å². The maximum atomic E-state index is 10.8. The Hall–Kier alpha value is -1.26. The first kappa shape index (κ1) is 17.7. The van der Waals surface area contributed by atoms with Crippen molar-refractivity contribution in [1.82, 2.24) is 5.32 Å². The lowest BCUT2D eigenvalue weighted by Crippen LogP contribution is -2.49. The van der Waals surface area contributed by atoms with Gasteiger partial charge >= 0.3 is 5.97 Å². The van der Waals surface area contributed by atoms with Crippen LogP contribution >= 0.6 is 0 Å². The summed E-state index contributed by atoms with van der Waals surface area (Å²) in [6.07, 6.45) is -6.05. The number of carboxylic acids is 1. The summed E-state index contributed by atoms with van der Waals surface area (Å²) in [5, 5.41) is 38.8. The maximum absolute atomic E-state index is 10.8. The van der Waals surface area contributed by atoms with Gasteiger partial charge in [0.25, 0.3) is 6.29 Å². The summed E-state index contributed by atoms with van der Waals surface area (Å²) in [5.41, 5.74) is 0. The smallest absolute Gasteiger partial charge is 0.361 e. The molecule has 0 fully saturated rings. The van der Waals surface area contributed by atoms with E-state index >= 15 is 0 Å². The van der Waals surface area contributed by atoms with Gasteiger partial charge in [0.05, 0.1) is 6.61 Å². The van der Waals surface area contributed by atoms with Crippen LogP contribution in [0.2, 0.25) is 0 Å². The van der Waals surface area contributed by atoms with Crippen LogP contribution in [-0.2, 0) is 19.1 Å². The third-order valence-corrected chi connectivity index (χ3v) is 2.23. The molecule has 0 aliphatic rings. The van der Waals surface area contributed by atoms with Crippen LogP contribution in [0.4, 0.5) is 0 Å². The molecule has 0 heterocycles. The minimum Gasteiger partial charge on any atom is -0.477 e. The van der Waals surface area contributed by atoms with Gasteiger partial charge in [0.15, 0.2) is 0 Å². The highest BCUT2D eigenvalue weighted by Crippen LogP contribution is 2.08. The fourth-order valence-corrected chi connectivity index (χ4v) is 1.22. The fourth-order valence-electron chi connectivity index (χ4n) is 1.22. The van der Waals surface area contributed by atoms with Crippen LogP contribution in [0.15, 0.2) is 0 Å². The van der Waals surface area contributed by atoms with E-state index in [1.807, 2.05) is 0 Å². The van der Waals surface area contributed by atoms with Crippen LogP contribution in [0.3, 0.4) is 0 Å². The zero-order chi connectivity index (χ0) is 15.0. The molecule has 0 radical (unpaired) electrons. The molecule has 112 valence electrons. The summed E-state index contributed by atoms with van der Waals surface area (Å²) in [5.74, 6) is -1.86. The highest BCUT2D eigenvalue weighted by atomic mass is 16.7. The number of methoxy groups -OCH3 is 1. The number of ether oxygens (including phenoxy) is 2. The van der Waals surface area contributed by atoms with E-state index in [2.05, 4.69) is 10.1 Å². The zero-order valence-corrected chi connectivity index (χ0v) is 10.6. The van der Waals surface area contributed by atoms with Gasteiger partial charge in [-0.25, -0.2) is 4.79 Å². The van der Waals surface area contributed by atoms with Gasteiger partial charge in [0.1, 0.15) is 18.3 Å². The van der Waals surface area contributed by atoms with E-state index in [-0.39, 0.29) is 6.54 Å². The third-order valence-electron chi connectivity index (χ3n) is 2.23. The van der Waals surface area contributed by atoms with Crippen LogP contribution in [0, 0.1) is 0 Å². The second-order valence-electron chi connectivity index (χ2n) is 3.76. The number of hydrogen-bond acceptors (Lipinski definition) is 7. The van der Waals surface area contributed by atoms with Gasteiger partial charge in [-0.2, -0.15) is 0 Å². The third kappa shape index (κ3) is 6.45. The highest BCUT2D eigenvalue weighted by Gasteiger charge is 2.31. The van der Waals surface area contributed by atoms with Crippen molar-refractivity contribution in [3.05, 3.63) is 0 Å². The van der Waals surface area contributed by atoms with Crippen LogP contribution in [0.5, 0.6) is 0 Å². The standard InChI is InChI=1S/C10H19NO8/c1-5(13)11-3-7(8(15)6(14)4-12)19-10(18-2)9(16)17/h6-8,10,12,14-15H,3-4H2,1-2H3,(H,11,13)(H,16,17). The minimum absolute atomic E-state index is 0.249. The summed E-state index contributed by atoms with van der Waals surface area (Å²) >= 11 is 0. The lowest BCUT2D eigenvalue weighted by Gasteiger charge is -2.28. The van der Waals surface area contributed by atoms with Gasteiger partial charge in [0.2, 0.25) is 5.91 Å². The Labute approximate surface area is 109 Å². The van der Waals surface area contributed by atoms with Crippen molar-refractivity contribution in [2.24, 2.45) is 0 Å². The van der Waals surface area contributed by atoms with Crippen molar-refractivity contribution in [3.8, 4) is 0 Å². The number of carbonyl (C=O) groups is 2. The van der Waals surface area contributed by atoms with Crippen LogP contribution in [0.25, 0.3) is 0 Å². The number of aliphatic hydroxyl groups is 3. The summed E-state index contributed by atoms with van der Waals surface area (Å²) < 4.78 is 9.46. The summed E-state index contributed by atoms with van der Waals surface area (Å²) in [7, 11) is 1.09. The van der Waals surface area contributed by atoms with Crippen molar-refractivity contribution in [1.29, 1.82) is 0 Å². The zero-order valence-electron chi connectivity index (χ0n) is 10.6. The van der Waals surface area contributed by atoms with E-state index in [9.17, 15) is 19.8 Å². The predicted octanol–water partition coefficient (Wildman–Crippen LogP) is -2.72. The van der Waals surface area contributed by atoms with Gasteiger partial charge < -0.3 is 35.2 Å². The summed E-state index contributed by atoms with van der Waals surface area (Å²) in [6, 6.07) is 0. The number of nitrogens with one attached hydrogen (secondary N) is 1. The topological polar surface area (TPSA) is 146 Å². The fraction of sp³-hybridized carbons (Fsp3) is 0.800. The number of carbonyl (C=O) groups excluding carboxylic acids is 1. The first-order valence-corrected chi connectivity index (χ1v) is 5.46. The molecule has 5 N–H and O–H groups in total. The van der Waals surface area contributed by atoms with Crippen molar-refractivity contribution in [2.75, 3.05) is 20.3 Å². The van der Waals surface area contributed by atoms with E-state index in [0.29, 0.717) is 0 Å². The monoisotopic (exact) mass is 281 g/mol. The van der Waals surface area contributed by atoms with Gasteiger partial charge in [-0.15, -0.1) is 0 Å². The molecule has 0 aromatic rings. The number of carboxylic acid groups (broad SMARTS) is 1. The molecule has 0 rings (SSSR count). The molecule has 19 heavy (non-hydrogen) atoms. The molecule has 0 saturated carbocycles. The lowest BCUT2D eigenvalue weighted by atomic mass is 10.1. The quantitative estimate of drug-likeness (QED) is 0.286. The lowest BCUT2D eigenvalue weighted by molar-refractivity contribution is -0.211. The number of hydrogen-bond donors (Lipinski definition) is 5. The predicted molar refractivity (Wildman–Crippen MR) is 61.1 cm³/mol. The van der Waals surface area contributed by atoms with Crippen molar-refractivity contribution in [2.45, 2.75) is 31.5 Å². The molecule has 1 amide bonds. The molecule has 4 atom stereocenters. The Morgan fingerprint density at radius 2 is 1.89 bits per heavy atom. The number of aliphatic hydroxyl groups excluding tert-OH is 3. The first-order chi connectivity index (χ1) is 8.83. The molecular weight excluding hydrogens is 262 g/mol. The van der Waals surface area contributed by atoms with E-state index < -0.39 is 43.1 Å². The minimum atomic E-state index is -1.67. The molecule has 0 aromatic carbocycles. The van der Waals surface area contributed by atoms with Crippen LogP contribution < -0.4 is 5.32 Å². The second kappa shape index (κ2) is 8.77. The molecule has 0 saturated heterocycles. The van der Waals surface area contributed by atoms with Crippen molar-refractivity contribution >= 4 is 11.9 Å². The number of rotatable bonds is 9. The van der Waals surface area contributed by atoms with Gasteiger partial charge in [-0.05, 0) is 0 Å². The molecule has 0 bridgehead atoms. The summed E-state index contributed by atoms with van der Waals surface area (Å²) in [4.78, 5) is 21.5. The average molecular weight is 281 g/mol. The Balaban J connectivity index is 4.73. The molecule has 0 aliphatic heterocycles. The molecule has 9 heteroatoms. The molecule has 0 aliphatic carbocycles. The van der Waals surface area contributed by atoms with E-state index in [1.54, 1.807) is 0 Å². The molecule has 9 nitrogen and oxygen atoms in total. The largest absolute Gasteiger partial charge is 0.477 e. The maximum Gasteiger partial charge on any atom is 0.361 e. The number of aliphatic carboxylic acids is 1. The molecule has 0 aromatic heterocycles. The molecule has 0 spiro atoms. The summed E-state index contributed by atoms with van der Waals surface area (Å²) in [6.45, 7) is 0.226. The molecular formula is C10H19NO8. The second-order valence-corrected chi connectivity index (χ2v) is 3.76. The van der Waals surface area contributed by atoms with Crippen molar-refractivity contribution in [3.63, 3.8) is 0 Å².